The van der Waals surface area contributed by atoms with Gasteiger partial charge in [0.25, 0.3) is 5.91 Å². The van der Waals surface area contributed by atoms with E-state index in [9.17, 15) is 9.90 Å². The molecule has 4 nitrogen and oxygen atoms in total. The van der Waals surface area contributed by atoms with E-state index in [-0.39, 0.29) is 5.69 Å². The maximum Gasteiger partial charge on any atom is 0.267 e. The average Bonchev–Trinajstić information content (AvgIpc) is 2.47. The molecular formula is C9H10N2O2. The first-order chi connectivity index (χ1) is 6.18. The third-order valence-corrected chi connectivity index (χ3v) is 2.27. The lowest BCUT2D eigenvalue weighted by molar-refractivity contribution is 0.0994. The minimum absolute atomic E-state index is 0.222. The number of rotatable bonds is 1. The summed E-state index contributed by atoms with van der Waals surface area (Å²) < 4.78 is 0. The van der Waals surface area contributed by atoms with Crippen molar-refractivity contribution in [2.45, 2.75) is 18.9 Å². The first-order valence-corrected chi connectivity index (χ1v) is 4.16. The van der Waals surface area contributed by atoms with Crippen LogP contribution in [0.25, 0.3) is 0 Å². The third-order valence-electron chi connectivity index (χ3n) is 2.27. The van der Waals surface area contributed by atoms with Crippen LogP contribution in [0.2, 0.25) is 0 Å². The Hall–Kier alpha value is -1.42. The van der Waals surface area contributed by atoms with Crippen LogP contribution in [-0.2, 0) is 6.42 Å². The Morgan fingerprint density at radius 1 is 1.62 bits per heavy atom. The van der Waals surface area contributed by atoms with Gasteiger partial charge in [-0.1, -0.05) is 6.07 Å². The van der Waals surface area contributed by atoms with Crippen molar-refractivity contribution in [1.82, 2.24) is 4.98 Å². The third kappa shape index (κ3) is 1.29. The molecule has 13 heavy (non-hydrogen) atoms. The number of aliphatic hydroxyl groups excluding tert-OH is 1. The predicted octanol–water partition coefficient (Wildman–Crippen LogP) is 0.160. The zero-order valence-corrected chi connectivity index (χ0v) is 7.03. The molecule has 1 aromatic rings. The van der Waals surface area contributed by atoms with Crippen molar-refractivity contribution in [2.75, 3.05) is 0 Å². The predicted molar refractivity (Wildman–Crippen MR) is 46.0 cm³/mol. The molecule has 68 valence electrons. The molecule has 0 aliphatic heterocycles. The smallest absolute Gasteiger partial charge is 0.267 e. The van der Waals surface area contributed by atoms with Gasteiger partial charge in [0, 0.05) is 0 Å². The Labute approximate surface area is 75.4 Å². The molecule has 1 aliphatic carbocycles. The molecule has 0 fully saturated rings. The van der Waals surface area contributed by atoms with Gasteiger partial charge in [-0.2, -0.15) is 0 Å². The van der Waals surface area contributed by atoms with Crippen molar-refractivity contribution in [3.63, 3.8) is 0 Å². The molecule has 0 bridgehead atoms. The molecule has 0 radical (unpaired) electrons. The summed E-state index contributed by atoms with van der Waals surface area (Å²) in [6, 6.07) is 3.40. The molecule has 1 aliphatic rings. The lowest BCUT2D eigenvalue weighted by atomic mass is 10.2. The second kappa shape index (κ2) is 2.81. The SMILES string of the molecule is NC(=O)c1ccc2c(n1)C(O)CC2. The molecule has 0 saturated carbocycles. The standard InChI is InChI=1S/C9H10N2O2/c10-9(13)6-3-1-5-2-4-7(12)8(5)11-6/h1,3,7,12H,2,4H2,(H2,10,13). The summed E-state index contributed by atoms with van der Waals surface area (Å²) in [6.45, 7) is 0. The van der Waals surface area contributed by atoms with Gasteiger partial charge in [-0.3, -0.25) is 4.79 Å². The Bertz CT molecular complexity index is 363. The maximum absolute atomic E-state index is 10.8. The number of pyridine rings is 1. The van der Waals surface area contributed by atoms with Crippen molar-refractivity contribution in [2.24, 2.45) is 5.73 Å². The fourth-order valence-corrected chi connectivity index (χ4v) is 1.57. The minimum atomic E-state index is -0.554. The first-order valence-electron chi connectivity index (χ1n) is 4.16. The Morgan fingerprint density at radius 3 is 3.08 bits per heavy atom. The van der Waals surface area contributed by atoms with Crippen LogP contribution in [0.5, 0.6) is 0 Å². The topological polar surface area (TPSA) is 76.2 Å². The number of nitrogens with two attached hydrogens (primary N) is 1. The van der Waals surface area contributed by atoms with Crippen molar-refractivity contribution in [3.05, 3.63) is 29.1 Å². The van der Waals surface area contributed by atoms with Gasteiger partial charge in [0.15, 0.2) is 0 Å². The summed E-state index contributed by atoms with van der Waals surface area (Å²) in [5.41, 5.74) is 6.91. The van der Waals surface area contributed by atoms with Crippen molar-refractivity contribution in [3.8, 4) is 0 Å². The van der Waals surface area contributed by atoms with Gasteiger partial charge in [-0.05, 0) is 24.5 Å². The van der Waals surface area contributed by atoms with Gasteiger partial charge in [0.05, 0.1) is 11.8 Å². The van der Waals surface area contributed by atoms with E-state index >= 15 is 0 Å². The number of aliphatic hydroxyl groups is 1. The highest BCUT2D eigenvalue weighted by molar-refractivity contribution is 5.90. The number of amides is 1. The van der Waals surface area contributed by atoms with Crippen LogP contribution in [0.3, 0.4) is 0 Å². The number of primary amides is 1. The minimum Gasteiger partial charge on any atom is -0.387 e. The molecule has 1 amide bonds. The second-order valence-corrected chi connectivity index (χ2v) is 3.16. The lowest BCUT2D eigenvalue weighted by Gasteiger charge is -2.03. The summed E-state index contributed by atoms with van der Waals surface area (Å²) in [6.07, 6.45) is 0.974. The largest absolute Gasteiger partial charge is 0.387 e. The number of fused-ring (bicyclic) bond motifs is 1. The molecule has 0 saturated heterocycles. The van der Waals surface area contributed by atoms with E-state index in [2.05, 4.69) is 4.98 Å². The number of carbonyl (C=O) groups excluding carboxylic acids is 1. The van der Waals surface area contributed by atoms with Crippen LogP contribution in [0, 0.1) is 0 Å². The number of aryl methyl sites for hydroxylation is 1. The van der Waals surface area contributed by atoms with Crippen molar-refractivity contribution < 1.29 is 9.90 Å². The van der Waals surface area contributed by atoms with E-state index in [1.54, 1.807) is 12.1 Å². The van der Waals surface area contributed by atoms with Gasteiger partial charge in [0.2, 0.25) is 0 Å². The van der Waals surface area contributed by atoms with E-state index in [4.69, 9.17) is 5.73 Å². The zero-order valence-electron chi connectivity index (χ0n) is 7.03. The summed E-state index contributed by atoms with van der Waals surface area (Å²) in [5, 5.41) is 9.47. The molecule has 2 rings (SSSR count). The normalized spacial score (nSPS) is 19.9. The van der Waals surface area contributed by atoms with Gasteiger partial charge in [0.1, 0.15) is 5.69 Å². The van der Waals surface area contributed by atoms with E-state index in [0.717, 1.165) is 12.0 Å². The average molecular weight is 178 g/mol. The molecule has 0 aromatic carbocycles. The lowest BCUT2D eigenvalue weighted by Crippen LogP contribution is -2.14. The molecule has 4 heteroatoms. The Kier molecular flexibility index (Phi) is 1.77. The molecule has 1 aromatic heterocycles. The summed E-state index contributed by atoms with van der Waals surface area (Å²) in [4.78, 5) is 14.8. The number of carbonyl (C=O) groups is 1. The highest BCUT2D eigenvalue weighted by Crippen LogP contribution is 2.28. The van der Waals surface area contributed by atoms with Gasteiger partial charge >= 0.3 is 0 Å². The van der Waals surface area contributed by atoms with Gasteiger partial charge < -0.3 is 10.8 Å². The molecule has 1 atom stereocenters. The van der Waals surface area contributed by atoms with E-state index in [1.165, 1.54) is 0 Å². The molecule has 1 unspecified atom stereocenters. The monoisotopic (exact) mass is 178 g/mol. The Morgan fingerprint density at radius 2 is 2.38 bits per heavy atom. The van der Waals surface area contributed by atoms with Crippen LogP contribution in [-0.4, -0.2) is 16.0 Å². The van der Waals surface area contributed by atoms with Crippen LogP contribution < -0.4 is 5.73 Å². The quantitative estimate of drug-likeness (QED) is 0.643. The fourth-order valence-electron chi connectivity index (χ4n) is 1.57. The van der Waals surface area contributed by atoms with E-state index in [1.807, 2.05) is 0 Å². The first kappa shape index (κ1) is 8.19. The number of aromatic nitrogens is 1. The number of hydrogen-bond donors (Lipinski definition) is 2. The summed E-state index contributed by atoms with van der Waals surface area (Å²) in [5.74, 6) is -0.554. The highest BCUT2D eigenvalue weighted by Gasteiger charge is 2.22. The van der Waals surface area contributed by atoms with Gasteiger partial charge in [-0.15, -0.1) is 0 Å². The van der Waals surface area contributed by atoms with Crippen molar-refractivity contribution >= 4 is 5.91 Å². The zero-order chi connectivity index (χ0) is 9.42. The van der Waals surface area contributed by atoms with Crippen LogP contribution in [0.15, 0.2) is 12.1 Å². The van der Waals surface area contributed by atoms with Gasteiger partial charge in [-0.25, -0.2) is 4.98 Å². The van der Waals surface area contributed by atoms with Crippen LogP contribution >= 0.6 is 0 Å². The van der Waals surface area contributed by atoms with Crippen molar-refractivity contribution in [1.29, 1.82) is 0 Å². The number of hydrogen-bond acceptors (Lipinski definition) is 3. The maximum atomic E-state index is 10.8. The van der Waals surface area contributed by atoms with E-state index < -0.39 is 12.0 Å². The summed E-state index contributed by atoms with van der Waals surface area (Å²) in [7, 11) is 0. The van der Waals surface area contributed by atoms with Crippen LogP contribution in [0.4, 0.5) is 0 Å². The highest BCUT2D eigenvalue weighted by atomic mass is 16.3. The number of nitrogens with zero attached hydrogens (tertiary/aromatic N) is 1. The fraction of sp³-hybridized carbons (Fsp3) is 0.333. The van der Waals surface area contributed by atoms with E-state index in [0.29, 0.717) is 12.1 Å². The summed E-state index contributed by atoms with van der Waals surface area (Å²) >= 11 is 0. The molecule has 0 spiro atoms. The molecule has 3 N–H and O–H groups in total. The molecular weight excluding hydrogens is 168 g/mol. The molecule has 1 heterocycles. The van der Waals surface area contributed by atoms with Crippen LogP contribution in [0.1, 0.15) is 34.3 Å². The second-order valence-electron chi connectivity index (χ2n) is 3.16. The Balaban J connectivity index is 2.47.